The maximum Gasteiger partial charge on any atom is 0.129 e. The summed E-state index contributed by atoms with van der Waals surface area (Å²) in [4.78, 5) is 18.9. The number of pyridine rings is 2. The Hall–Kier alpha value is -3.74. The van der Waals surface area contributed by atoms with Crippen LogP contribution in [-0.4, -0.2) is 86.2 Å². The van der Waals surface area contributed by atoms with Gasteiger partial charge in [-0.15, -0.1) is 0 Å². The molecule has 0 radical (unpaired) electrons. The van der Waals surface area contributed by atoms with Crippen molar-refractivity contribution >= 4 is 11.6 Å². The SMILES string of the molecule is CN1CCN(c2cc(-c3cccc(-c4cccc(-c5ccnc(N6CCN(C)CC6)c5)c4)c3)ccn2)CC1. The minimum absolute atomic E-state index is 1.02. The van der Waals surface area contributed by atoms with E-state index in [0.717, 1.165) is 64.0 Å². The van der Waals surface area contributed by atoms with Crippen LogP contribution in [0, 0.1) is 0 Å². The van der Waals surface area contributed by atoms with Crippen molar-refractivity contribution in [3.05, 3.63) is 85.2 Å². The smallest absolute Gasteiger partial charge is 0.129 e. The predicted molar refractivity (Wildman–Crippen MR) is 158 cm³/mol. The van der Waals surface area contributed by atoms with Crippen molar-refractivity contribution in [2.75, 3.05) is 76.3 Å². The average Bonchev–Trinajstić information content (AvgIpc) is 2.98. The van der Waals surface area contributed by atoms with Gasteiger partial charge in [0.05, 0.1) is 0 Å². The van der Waals surface area contributed by atoms with Crippen LogP contribution in [0.3, 0.4) is 0 Å². The standard InChI is InChI=1S/C32H36N6/c1-35-13-17-37(18-14-35)31-23-29(9-11-33-31)27-7-3-5-25(21-27)26-6-4-8-28(22-26)30-10-12-34-32(24-30)38-19-15-36(2)16-20-38/h3-12,21-24H,13-20H2,1-2H3. The molecule has 0 N–H and O–H groups in total. The fraction of sp³-hybridized carbons (Fsp3) is 0.312. The second kappa shape index (κ2) is 10.9. The molecule has 0 bridgehead atoms. The lowest BCUT2D eigenvalue weighted by Gasteiger charge is -2.33. The van der Waals surface area contributed by atoms with Crippen LogP contribution >= 0.6 is 0 Å². The van der Waals surface area contributed by atoms with Crippen molar-refractivity contribution in [1.29, 1.82) is 0 Å². The Kier molecular flexibility index (Phi) is 7.08. The van der Waals surface area contributed by atoms with Gasteiger partial charge in [0.25, 0.3) is 0 Å². The van der Waals surface area contributed by atoms with Gasteiger partial charge in [-0.25, -0.2) is 9.97 Å². The molecule has 0 unspecified atom stereocenters. The molecular weight excluding hydrogens is 468 g/mol. The number of piperazine rings is 2. The molecule has 6 heteroatoms. The molecule has 0 amide bonds. The Morgan fingerprint density at radius 3 is 1.16 bits per heavy atom. The second-order valence-corrected chi connectivity index (χ2v) is 10.5. The zero-order chi connectivity index (χ0) is 25.9. The van der Waals surface area contributed by atoms with E-state index in [9.17, 15) is 0 Å². The summed E-state index contributed by atoms with van der Waals surface area (Å²) >= 11 is 0. The molecule has 2 saturated heterocycles. The molecule has 6 rings (SSSR count). The van der Waals surface area contributed by atoms with E-state index >= 15 is 0 Å². The molecule has 0 aliphatic carbocycles. The third kappa shape index (κ3) is 5.42. The highest BCUT2D eigenvalue weighted by molar-refractivity contribution is 5.78. The van der Waals surface area contributed by atoms with Gasteiger partial charge in [0.2, 0.25) is 0 Å². The minimum atomic E-state index is 1.02. The summed E-state index contributed by atoms with van der Waals surface area (Å²) in [6.07, 6.45) is 3.88. The van der Waals surface area contributed by atoms with Gasteiger partial charge in [-0.3, -0.25) is 0 Å². The number of hydrogen-bond donors (Lipinski definition) is 0. The van der Waals surface area contributed by atoms with Crippen LogP contribution in [0.15, 0.2) is 85.2 Å². The molecule has 0 saturated carbocycles. The van der Waals surface area contributed by atoms with E-state index in [1.807, 2.05) is 12.4 Å². The molecule has 2 aliphatic rings. The number of benzene rings is 2. The van der Waals surface area contributed by atoms with Crippen molar-refractivity contribution in [2.24, 2.45) is 0 Å². The van der Waals surface area contributed by atoms with Crippen LogP contribution in [0.25, 0.3) is 33.4 Å². The number of aromatic nitrogens is 2. The summed E-state index contributed by atoms with van der Waals surface area (Å²) in [7, 11) is 4.37. The zero-order valence-electron chi connectivity index (χ0n) is 22.4. The Labute approximate surface area is 226 Å². The maximum atomic E-state index is 4.68. The predicted octanol–water partition coefficient (Wildman–Crippen LogP) is 4.98. The van der Waals surface area contributed by atoms with Crippen LogP contribution in [0.5, 0.6) is 0 Å². The van der Waals surface area contributed by atoms with E-state index in [2.05, 4.69) is 116 Å². The summed E-state index contributed by atoms with van der Waals surface area (Å²) in [5, 5.41) is 0. The molecule has 4 heterocycles. The van der Waals surface area contributed by atoms with Crippen molar-refractivity contribution in [3.8, 4) is 33.4 Å². The highest BCUT2D eigenvalue weighted by atomic mass is 15.3. The Bertz CT molecular complexity index is 1280. The third-order valence-electron chi connectivity index (χ3n) is 7.87. The number of anilines is 2. The number of nitrogens with zero attached hydrogens (tertiary/aromatic N) is 6. The Balaban J connectivity index is 1.25. The number of hydrogen-bond acceptors (Lipinski definition) is 6. The Morgan fingerprint density at radius 2 is 0.789 bits per heavy atom. The molecule has 0 spiro atoms. The first kappa shape index (κ1) is 24.6. The quantitative estimate of drug-likeness (QED) is 0.382. The molecule has 2 aromatic heterocycles. The molecular formula is C32H36N6. The highest BCUT2D eigenvalue weighted by Gasteiger charge is 2.17. The van der Waals surface area contributed by atoms with E-state index < -0.39 is 0 Å². The van der Waals surface area contributed by atoms with Gasteiger partial charge in [0.15, 0.2) is 0 Å². The van der Waals surface area contributed by atoms with Crippen molar-refractivity contribution in [3.63, 3.8) is 0 Å². The van der Waals surface area contributed by atoms with Crippen LogP contribution in [0.2, 0.25) is 0 Å². The van der Waals surface area contributed by atoms with E-state index in [4.69, 9.17) is 0 Å². The lowest BCUT2D eigenvalue weighted by molar-refractivity contribution is 0.312. The van der Waals surface area contributed by atoms with Gasteiger partial charge < -0.3 is 19.6 Å². The van der Waals surface area contributed by atoms with E-state index in [0.29, 0.717) is 0 Å². The van der Waals surface area contributed by atoms with Gasteiger partial charge in [-0.2, -0.15) is 0 Å². The molecule has 2 aliphatic heterocycles. The lowest BCUT2D eigenvalue weighted by Crippen LogP contribution is -2.44. The average molecular weight is 505 g/mol. The van der Waals surface area contributed by atoms with Crippen LogP contribution in [0.4, 0.5) is 11.6 Å². The summed E-state index contributed by atoms with van der Waals surface area (Å²) in [5.74, 6) is 2.13. The van der Waals surface area contributed by atoms with Crippen LogP contribution in [0.1, 0.15) is 0 Å². The molecule has 38 heavy (non-hydrogen) atoms. The first-order valence-electron chi connectivity index (χ1n) is 13.6. The Morgan fingerprint density at radius 1 is 0.447 bits per heavy atom. The largest absolute Gasteiger partial charge is 0.354 e. The molecule has 2 fully saturated rings. The third-order valence-corrected chi connectivity index (χ3v) is 7.87. The molecule has 0 atom stereocenters. The van der Waals surface area contributed by atoms with Gasteiger partial charge >= 0.3 is 0 Å². The summed E-state index contributed by atoms with van der Waals surface area (Å²) < 4.78 is 0. The van der Waals surface area contributed by atoms with Gasteiger partial charge in [0.1, 0.15) is 11.6 Å². The molecule has 2 aromatic carbocycles. The first-order chi connectivity index (χ1) is 18.6. The minimum Gasteiger partial charge on any atom is -0.354 e. The highest BCUT2D eigenvalue weighted by Crippen LogP contribution is 2.31. The fourth-order valence-corrected chi connectivity index (χ4v) is 5.37. The van der Waals surface area contributed by atoms with Crippen molar-refractivity contribution in [2.45, 2.75) is 0 Å². The maximum absolute atomic E-state index is 4.68. The molecule has 6 nitrogen and oxygen atoms in total. The van der Waals surface area contributed by atoms with E-state index in [-0.39, 0.29) is 0 Å². The number of likely N-dealkylation sites (N-methyl/N-ethyl adjacent to an activating group) is 2. The molecule has 194 valence electrons. The summed E-state index contributed by atoms with van der Waals surface area (Å²) in [6.45, 7) is 8.38. The van der Waals surface area contributed by atoms with Gasteiger partial charge in [-0.05, 0) is 83.9 Å². The number of rotatable bonds is 5. The van der Waals surface area contributed by atoms with E-state index in [1.54, 1.807) is 0 Å². The summed E-state index contributed by atoms with van der Waals surface area (Å²) in [6, 6.07) is 26.4. The van der Waals surface area contributed by atoms with Crippen molar-refractivity contribution < 1.29 is 0 Å². The lowest BCUT2D eigenvalue weighted by atomic mass is 9.96. The van der Waals surface area contributed by atoms with Gasteiger partial charge in [-0.1, -0.05) is 36.4 Å². The van der Waals surface area contributed by atoms with Crippen LogP contribution in [-0.2, 0) is 0 Å². The summed E-state index contributed by atoms with van der Waals surface area (Å²) in [5.41, 5.74) is 7.28. The fourth-order valence-electron chi connectivity index (χ4n) is 5.37. The second-order valence-electron chi connectivity index (χ2n) is 10.5. The van der Waals surface area contributed by atoms with Crippen LogP contribution < -0.4 is 9.80 Å². The van der Waals surface area contributed by atoms with E-state index in [1.165, 1.54) is 33.4 Å². The van der Waals surface area contributed by atoms with Gasteiger partial charge in [0, 0.05) is 64.8 Å². The first-order valence-corrected chi connectivity index (χ1v) is 13.6. The zero-order valence-corrected chi connectivity index (χ0v) is 22.4. The normalized spacial score (nSPS) is 17.1. The molecule has 4 aromatic rings. The topological polar surface area (TPSA) is 38.7 Å². The van der Waals surface area contributed by atoms with Crippen molar-refractivity contribution in [1.82, 2.24) is 19.8 Å². The monoisotopic (exact) mass is 504 g/mol.